The summed E-state index contributed by atoms with van der Waals surface area (Å²) < 4.78 is 10.8. The number of thiocarbonyl (C=S) groups is 1. The number of carbonyl (C=O) groups is 2. The predicted molar refractivity (Wildman–Crippen MR) is 87.6 cm³/mol. The number of methoxy groups -OCH3 is 1. The molecule has 0 spiro atoms. The summed E-state index contributed by atoms with van der Waals surface area (Å²) in [6.07, 6.45) is 1.37. The molecular weight excluding hydrogens is 316 g/mol. The Morgan fingerprint density at radius 1 is 1.13 bits per heavy atom. The molecule has 1 aromatic heterocycles. The van der Waals surface area contributed by atoms with Crippen LogP contribution in [-0.2, 0) is 9.59 Å². The molecule has 0 aliphatic carbocycles. The molecule has 2 N–H and O–H groups in total. The standard InChI is InChI=1S/C16H12N2O4S/c1-21-10-4-2-3-9(7-10)13-6-5-11(22-13)8-12-14(19)17-16(23)18-15(12)20/h2-8H,1H3,(H2,17,18,19,20,23). The number of nitrogens with one attached hydrogen (secondary N) is 2. The number of rotatable bonds is 3. The van der Waals surface area contributed by atoms with Crippen molar-refractivity contribution in [2.45, 2.75) is 0 Å². The molecule has 1 aliphatic rings. The molecule has 1 fully saturated rings. The van der Waals surface area contributed by atoms with Gasteiger partial charge in [-0.2, -0.15) is 0 Å². The van der Waals surface area contributed by atoms with Crippen molar-refractivity contribution in [3.8, 4) is 17.1 Å². The third-order valence-corrected chi connectivity index (χ3v) is 3.42. The van der Waals surface area contributed by atoms with Gasteiger partial charge in [0.25, 0.3) is 11.8 Å². The van der Waals surface area contributed by atoms with Crippen molar-refractivity contribution in [2.24, 2.45) is 0 Å². The Morgan fingerprint density at radius 3 is 2.57 bits per heavy atom. The van der Waals surface area contributed by atoms with Crippen molar-refractivity contribution < 1.29 is 18.7 Å². The number of ether oxygens (including phenoxy) is 1. The van der Waals surface area contributed by atoms with Crippen LogP contribution in [0.15, 0.2) is 46.4 Å². The molecule has 3 rings (SSSR count). The lowest BCUT2D eigenvalue weighted by atomic mass is 10.1. The van der Waals surface area contributed by atoms with Gasteiger partial charge in [0.2, 0.25) is 0 Å². The van der Waals surface area contributed by atoms with Crippen LogP contribution in [0.25, 0.3) is 17.4 Å². The maximum absolute atomic E-state index is 11.8. The Labute approximate surface area is 137 Å². The average molecular weight is 328 g/mol. The number of carbonyl (C=O) groups excluding carboxylic acids is 2. The van der Waals surface area contributed by atoms with Crippen LogP contribution in [0.3, 0.4) is 0 Å². The molecule has 6 nitrogen and oxygen atoms in total. The lowest BCUT2D eigenvalue weighted by Gasteiger charge is -2.15. The first-order valence-electron chi connectivity index (χ1n) is 6.69. The third-order valence-electron chi connectivity index (χ3n) is 3.21. The van der Waals surface area contributed by atoms with Gasteiger partial charge in [0.05, 0.1) is 7.11 Å². The van der Waals surface area contributed by atoms with Gasteiger partial charge in [-0.3, -0.25) is 20.2 Å². The smallest absolute Gasteiger partial charge is 0.263 e. The second-order valence-electron chi connectivity index (χ2n) is 4.73. The number of benzene rings is 1. The molecule has 0 bridgehead atoms. The summed E-state index contributed by atoms with van der Waals surface area (Å²) in [5.41, 5.74) is 0.762. The van der Waals surface area contributed by atoms with Crippen LogP contribution in [0.2, 0.25) is 0 Å². The molecule has 7 heteroatoms. The number of hydrogen-bond acceptors (Lipinski definition) is 5. The van der Waals surface area contributed by atoms with Crippen molar-refractivity contribution in [3.05, 3.63) is 47.7 Å². The molecule has 1 aromatic carbocycles. The van der Waals surface area contributed by atoms with Crippen molar-refractivity contribution in [1.82, 2.24) is 10.6 Å². The van der Waals surface area contributed by atoms with Crippen LogP contribution in [0, 0.1) is 0 Å². The van der Waals surface area contributed by atoms with Gasteiger partial charge in [-0.25, -0.2) is 0 Å². The van der Waals surface area contributed by atoms with E-state index in [1.165, 1.54) is 6.08 Å². The van der Waals surface area contributed by atoms with Crippen molar-refractivity contribution in [3.63, 3.8) is 0 Å². The molecule has 116 valence electrons. The average Bonchev–Trinajstić information content (AvgIpc) is 2.99. The molecule has 2 aromatic rings. The van der Waals surface area contributed by atoms with E-state index in [9.17, 15) is 9.59 Å². The van der Waals surface area contributed by atoms with Gasteiger partial charge in [-0.15, -0.1) is 0 Å². The van der Waals surface area contributed by atoms with Gasteiger partial charge in [0.1, 0.15) is 22.8 Å². The highest BCUT2D eigenvalue weighted by molar-refractivity contribution is 7.80. The van der Waals surface area contributed by atoms with Crippen LogP contribution >= 0.6 is 12.2 Å². The molecule has 0 radical (unpaired) electrons. The van der Waals surface area contributed by atoms with E-state index < -0.39 is 11.8 Å². The molecule has 1 aliphatic heterocycles. The molecular formula is C16H12N2O4S. The first-order chi connectivity index (χ1) is 11.1. The fourth-order valence-electron chi connectivity index (χ4n) is 2.11. The van der Waals surface area contributed by atoms with Crippen LogP contribution in [0.1, 0.15) is 5.76 Å². The quantitative estimate of drug-likeness (QED) is 0.511. The fourth-order valence-corrected chi connectivity index (χ4v) is 2.30. The Bertz CT molecular complexity index is 816. The summed E-state index contributed by atoms with van der Waals surface area (Å²) >= 11 is 4.74. The van der Waals surface area contributed by atoms with Crippen LogP contribution in [0.5, 0.6) is 5.75 Å². The zero-order valence-corrected chi connectivity index (χ0v) is 12.9. The Hall–Kier alpha value is -2.93. The maximum atomic E-state index is 11.8. The molecule has 23 heavy (non-hydrogen) atoms. The summed E-state index contributed by atoms with van der Waals surface area (Å²) in [6, 6.07) is 10.8. The van der Waals surface area contributed by atoms with Crippen molar-refractivity contribution in [2.75, 3.05) is 7.11 Å². The molecule has 2 amide bonds. The van der Waals surface area contributed by atoms with E-state index in [1.807, 2.05) is 24.3 Å². The molecule has 2 heterocycles. The van der Waals surface area contributed by atoms with E-state index in [0.717, 1.165) is 5.56 Å². The minimum Gasteiger partial charge on any atom is -0.497 e. The lowest BCUT2D eigenvalue weighted by Crippen LogP contribution is -2.51. The Morgan fingerprint density at radius 2 is 1.87 bits per heavy atom. The molecule has 0 unspecified atom stereocenters. The summed E-state index contributed by atoms with van der Waals surface area (Å²) in [5.74, 6) is 0.577. The van der Waals surface area contributed by atoms with Gasteiger partial charge < -0.3 is 9.15 Å². The summed E-state index contributed by atoms with van der Waals surface area (Å²) in [4.78, 5) is 23.6. The lowest BCUT2D eigenvalue weighted by molar-refractivity contribution is -0.123. The maximum Gasteiger partial charge on any atom is 0.263 e. The molecule has 1 saturated heterocycles. The van der Waals surface area contributed by atoms with Crippen LogP contribution in [-0.4, -0.2) is 24.0 Å². The minimum absolute atomic E-state index is 0.00587. The van der Waals surface area contributed by atoms with Crippen molar-refractivity contribution >= 4 is 35.2 Å². The van der Waals surface area contributed by atoms with E-state index >= 15 is 0 Å². The summed E-state index contributed by atoms with van der Waals surface area (Å²) in [7, 11) is 1.59. The second-order valence-corrected chi connectivity index (χ2v) is 5.14. The van der Waals surface area contributed by atoms with Gasteiger partial charge in [0, 0.05) is 5.56 Å². The zero-order valence-electron chi connectivity index (χ0n) is 12.1. The minimum atomic E-state index is -0.557. The number of amides is 2. The highest BCUT2D eigenvalue weighted by Gasteiger charge is 2.26. The SMILES string of the molecule is COc1cccc(-c2ccc(C=C3C(=O)NC(=S)NC3=O)o2)c1. The van der Waals surface area contributed by atoms with E-state index in [2.05, 4.69) is 10.6 Å². The third kappa shape index (κ3) is 3.14. The molecule has 0 atom stereocenters. The normalized spacial score (nSPS) is 14.3. The second kappa shape index (κ2) is 6.05. The van der Waals surface area contributed by atoms with Gasteiger partial charge in [-0.1, -0.05) is 12.1 Å². The largest absolute Gasteiger partial charge is 0.497 e. The Kier molecular flexibility index (Phi) is 3.94. The first kappa shape index (κ1) is 15.0. The highest BCUT2D eigenvalue weighted by atomic mass is 32.1. The zero-order chi connectivity index (χ0) is 16.4. The van der Waals surface area contributed by atoms with Gasteiger partial charge >= 0.3 is 0 Å². The molecule has 0 saturated carbocycles. The van der Waals surface area contributed by atoms with Crippen LogP contribution < -0.4 is 15.4 Å². The monoisotopic (exact) mass is 328 g/mol. The van der Waals surface area contributed by atoms with E-state index in [1.54, 1.807) is 19.2 Å². The van der Waals surface area contributed by atoms with Crippen molar-refractivity contribution in [1.29, 1.82) is 0 Å². The van der Waals surface area contributed by atoms with Crippen LogP contribution in [0.4, 0.5) is 0 Å². The Balaban J connectivity index is 1.90. The highest BCUT2D eigenvalue weighted by Crippen LogP contribution is 2.26. The van der Waals surface area contributed by atoms with E-state index in [-0.39, 0.29) is 10.7 Å². The predicted octanol–water partition coefficient (Wildman–Crippen LogP) is 1.87. The topological polar surface area (TPSA) is 80.6 Å². The van der Waals surface area contributed by atoms with E-state index in [4.69, 9.17) is 21.4 Å². The fraction of sp³-hybridized carbons (Fsp3) is 0.0625. The number of furan rings is 1. The van der Waals surface area contributed by atoms with E-state index in [0.29, 0.717) is 17.3 Å². The summed E-state index contributed by atoms with van der Waals surface area (Å²) in [6.45, 7) is 0. The number of hydrogen-bond donors (Lipinski definition) is 2. The summed E-state index contributed by atoms with van der Waals surface area (Å²) in [5, 5.41) is 4.73. The van der Waals surface area contributed by atoms with Gasteiger partial charge in [-0.05, 0) is 42.6 Å². The van der Waals surface area contributed by atoms with Gasteiger partial charge in [0.15, 0.2) is 5.11 Å². The first-order valence-corrected chi connectivity index (χ1v) is 7.10.